The van der Waals surface area contributed by atoms with Crippen molar-refractivity contribution >= 4 is 0 Å². The maximum Gasteiger partial charge on any atom is -0.00733 e. The monoisotopic (exact) mass is 139 g/mol. The van der Waals surface area contributed by atoms with E-state index in [4.69, 9.17) is 5.73 Å². The van der Waals surface area contributed by atoms with Crippen molar-refractivity contribution in [3.63, 3.8) is 0 Å². The molecule has 2 N–H and O–H groups in total. The van der Waals surface area contributed by atoms with E-state index in [0.29, 0.717) is 0 Å². The molecule has 0 spiro atoms. The second-order valence-corrected chi connectivity index (χ2v) is 3.35. The molecule has 0 atom stereocenters. The Balaban J connectivity index is 1.93. The van der Waals surface area contributed by atoms with Gasteiger partial charge in [-0.1, -0.05) is 24.8 Å². The molecule has 58 valence electrons. The Morgan fingerprint density at radius 3 is 2.80 bits per heavy atom. The average Bonchev–Trinajstić information content (AvgIpc) is 2.71. The van der Waals surface area contributed by atoms with Crippen molar-refractivity contribution in [1.29, 1.82) is 0 Å². The normalized spacial score (nSPS) is 19.5. The molecular formula is C9H17N. The fourth-order valence-electron chi connectivity index (χ4n) is 1.16. The first-order valence-electron chi connectivity index (χ1n) is 4.20. The molecule has 0 amide bonds. The van der Waals surface area contributed by atoms with Crippen LogP contribution in [0.25, 0.3) is 0 Å². The van der Waals surface area contributed by atoms with E-state index in [0.717, 1.165) is 5.92 Å². The molecule has 1 nitrogen and oxygen atoms in total. The summed E-state index contributed by atoms with van der Waals surface area (Å²) in [4.78, 5) is 0. The van der Waals surface area contributed by atoms with E-state index in [1.165, 1.54) is 37.7 Å². The molecule has 0 saturated heterocycles. The van der Waals surface area contributed by atoms with Crippen LogP contribution in [0.1, 0.15) is 39.0 Å². The number of hydrogen-bond acceptors (Lipinski definition) is 1. The molecule has 1 aliphatic carbocycles. The van der Waals surface area contributed by atoms with E-state index >= 15 is 0 Å². The molecule has 0 bridgehead atoms. The molecule has 0 aromatic heterocycles. The van der Waals surface area contributed by atoms with Gasteiger partial charge in [0.05, 0.1) is 0 Å². The molecule has 1 rings (SSSR count). The summed E-state index contributed by atoms with van der Waals surface area (Å²) in [5.74, 6) is 1.07. The summed E-state index contributed by atoms with van der Waals surface area (Å²) >= 11 is 0. The SMILES string of the molecule is C/C(=C/N)CCCC1CC1. The van der Waals surface area contributed by atoms with Crippen molar-refractivity contribution in [2.45, 2.75) is 39.0 Å². The molecule has 1 heteroatoms. The van der Waals surface area contributed by atoms with Crippen molar-refractivity contribution in [2.24, 2.45) is 11.7 Å². The molecule has 0 aliphatic heterocycles. The Kier molecular flexibility index (Phi) is 2.79. The van der Waals surface area contributed by atoms with Gasteiger partial charge in [-0.3, -0.25) is 0 Å². The molecule has 10 heavy (non-hydrogen) atoms. The summed E-state index contributed by atoms with van der Waals surface area (Å²) in [7, 11) is 0. The Hall–Kier alpha value is -0.460. The standard InChI is InChI=1S/C9H17N/c1-8(7-10)3-2-4-9-5-6-9/h7,9H,2-6,10H2,1H3/b8-7-. The maximum absolute atomic E-state index is 5.34. The van der Waals surface area contributed by atoms with E-state index in [9.17, 15) is 0 Å². The summed E-state index contributed by atoms with van der Waals surface area (Å²) < 4.78 is 0. The van der Waals surface area contributed by atoms with Crippen LogP contribution < -0.4 is 5.73 Å². The average molecular weight is 139 g/mol. The molecule has 1 fully saturated rings. The minimum atomic E-state index is 1.07. The van der Waals surface area contributed by atoms with Crippen LogP contribution in [0.5, 0.6) is 0 Å². The third-order valence-corrected chi connectivity index (χ3v) is 2.16. The van der Waals surface area contributed by atoms with Crippen molar-refractivity contribution in [1.82, 2.24) is 0 Å². The predicted molar refractivity (Wildman–Crippen MR) is 44.5 cm³/mol. The third-order valence-electron chi connectivity index (χ3n) is 2.16. The smallest absolute Gasteiger partial charge is 0.00733 e. The number of nitrogens with two attached hydrogens (primary N) is 1. The van der Waals surface area contributed by atoms with E-state index in [1.807, 2.05) is 0 Å². The highest BCUT2D eigenvalue weighted by Crippen LogP contribution is 2.34. The van der Waals surface area contributed by atoms with Crippen LogP contribution in [-0.4, -0.2) is 0 Å². The second-order valence-electron chi connectivity index (χ2n) is 3.35. The number of rotatable bonds is 4. The van der Waals surface area contributed by atoms with Crippen molar-refractivity contribution in [3.05, 3.63) is 11.8 Å². The summed E-state index contributed by atoms with van der Waals surface area (Å²) in [6, 6.07) is 0. The topological polar surface area (TPSA) is 26.0 Å². The van der Waals surface area contributed by atoms with Gasteiger partial charge in [0.2, 0.25) is 0 Å². The van der Waals surface area contributed by atoms with Gasteiger partial charge in [-0.25, -0.2) is 0 Å². The van der Waals surface area contributed by atoms with Gasteiger partial charge < -0.3 is 5.73 Å². The van der Waals surface area contributed by atoms with Crippen LogP contribution >= 0.6 is 0 Å². The maximum atomic E-state index is 5.34. The van der Waals surface area contributed by atoms with E-state index in [2.05, 4.69) is 6.92 Å². The molecule has 0 heterocycles. The fourth-order valence-corrected chi connectivity index (χ4v) is 1.16. The number of hydrogen-bond donors (Lipinski definition) is 1. The third kappa shape index (κ3) is 2.90. The molecule has 1 aliphatic rings. The first kappa shape index (κ1) is 7.64. The zero-order valence-electron chi connectivity index (χ0n) is 6.77. The van der Waals surface area contributed by atoms with Crippen LogP contribution in [0.2, 0.25) is 0 Å². The summed E-state index contributed by atoms with van der Waals surface area (Å²) in [5, 5.41) is 0. The van der Waals surface area contributed by atoms with Gasteiger partial charge in [-0.2, -0.15) is 0 Å². The Morgan fingerprint density at radius 1 is 1.60 bits per heavy atom. The van der Waals surface area contributed by atoms with Crippen molar-refractivity contribution in [2.75, 3.05) is 0 Å². The van der Waals surface area contributed by atoms with Gasteiger partial charge in [0.25, 0.3) is 0 Å². The fraction of sp³-hybridized carbons (Fsp3) is 0.778. The lowest BCUT2D eigenvalue weighted by Gasteiger charge is -1.97. The Morgan fingerprint density at radius 2 is 2.30 bits per heavy atom. The van der Waals surface area contributed by atoms with Gasteiger partial charge in [0, 0.05) is 0 Å². The zero-order valence-corrected chi connectivity index (χ0v) is 6.77. The Bertz CT molecular complexity index is 123. The van der Waals surface area contributed by atoms with Crippen molar-refractivity contribution in [3.8, 4) is 0 Å². The quantitative estimate of drug-likeness (QED) is 0.636. The van der Waals surface area contributed by atoms with Gasteiger partial charge in [-0.05, 0) is 31.9 Å². The highest BCUT2D eigenvalue weighted by molar-refractivity contribution is 4.94. The minimum absolute atomic E-state index is 1.07. The molecule has 0 unspecified atom stereocenters. The summed E-state index contributed by atoms with van der Waals surface area (Å²) in [5.41, 5.74) is 6.68. The van der Waals surface area contributed by atoms with Crippen LogP contribution in [0, 0.1) is 5.92 Å². The first-order chi connectivity index (χ1) is 4.83. The van der Waals surface area contributed by atoms with Crippen LogP contribution in [0.3, 0.4) is 0 Å². The lowest BCUT2D eigenvalue weighted by atomic mass is 10.1. The van der Waals surface area contributed by atoms with E-state index in [-0.39, 0.29) is 0 Å². The molecule has 0 aromatic carbocycles. The summed E-state index contributed by atoms with van der Waals surface area (Å²) in [6.45, 7) is 2.10. The van der Waals surface area contributed by atoms with E-state index in [1.54, 1.807) is 6.20 Å². The number of allylic oxidation sites excluding steroid dienone is 1. The van der Waals surface area contributed by atoms with Gasteiger partial charge >= 0.3 is 0 Å². The largest absolute Gasteiger partial charge is 0.405 e. The van der Waals surface area contributed by atoms with Crippen LogP contribution in [0.15, 0.2) is 11.8 Å². The molecular weight excluding hydrogens is 122 g/mol. The van der Waals surface area contributed by atoms with Crippen LogP contribution in [-0.2, 0) is 0 Å². The molecule has 0 radical (unpaired) electrons. The highest BCUT2D eigenvalue weighted by Gasteiger charge is 2.19. The minimum Gasteiger partial charge on any atom is -0.405 e. The van der Waals surface area contributed by atoms with Gasteiger partial charge in [0.1, 0.15) is 0 Å². The highest BCUT2D eigenvalue weighted by atomic mass is 14.5. The lowest BCUT2D eigenvalue weighted by Crippen LogP contribution is -1.85. The molecule has 1 saturated carbocycles. The first-order valence-corrected chi connectivity index (χ1v) is 4.20. The second kappa shape index (κ2) is 3.65. The van der Waals surface area contributed by atoms with Crippen molar-refractivity contribution < 1.29 is 0 Å². The van der Waals surface area contributed by atoms with Gasteiger partial charge in [-0.15, -0.1) is 0 Å². The predicted octanol–water partition coefficient (Wildman–Crippen LogP) is 2.43. The van der Waals surface area contributed by atoms with E-state index < -0.39 is 0 Å². The van der Waals surface area contributed by atoms with Crippen LogP contribution in [0.4, 0.5) is 0 Å². The summed E-state index contributed by atoms with van der Waals surface area (Å²) in [6.07, 6.45) is 8.64. The molecule has 0 aromatic rings. The lowest BCUT2D eigenvalue weighted by molar-refractivity contribution is 0.663. The van der Waals surface area contributed by atoms with Gasteiger partial charge in [0.15, 0.2) is 0 Å². The Labute approximate surface area is 63.3 Å². The zero-order chi connectivity index (χ0) is 7.40.